The summed E-state index contributed by atoms with van der Waals surface area (Å²) in [5.74, 6) is 0.390. The third kappa shape index (κ3) is 5.61. The summed E-state index contributed by atoms with van der Waals surface area (Å²) in [6, 6.07) is 14.2. The van der Waals surface area contributed by atoms with Gasteiger partial charge in [0.1, 0.15) is 11.6 Å². The minimum Gasteiger partial charge on any atom is -0.470 e. The predicted molar refractivity (Wildman–Crippen MR) is 114 cm³/mol. The van der Waals surface area contributed by atoms with Crippen molar-refractivity contribution in [2.24, 2.45) is 5.92 Å². The third-order valence-electron chi connectivity index (χ3n) is 5.34. The number of fused-ring (bicyclic) bond motifs is 1. The van der Waals surface area contributed by atoms with Crippen LogP contribution in [0.4, 0.5) is 4.39 Å². The molecule has 1 aliphatic rings. The minimum atomic E-state index is -0.270. The van der Waals surface area contributed by atoms with E-state index in [2.05, 4.69) is 16.0 Å². The Morgan fingerprint density at radius 1 is 1.21 bits per heavy atom. The lowest BCUT2D eigenvalue weighted by molar-refractivity contribution is -0.118. The van der Waals surface area contributed by atoms with Gasteiger partial charge < -0.3 is 9.64 Å². The average Bonchev–Trinajstić information content (AvgIpc) is 3.16. The van der Waals surface area contributed by atoms with Crippen LogP contribution in [0.5, 0.6) is 5.19 Å². The summed E-state index contributed by atoms with van der Waals surface area (Å²) in [4.78, 5) is 19.2. The number of Topliss-reactive ketones (excluding diaryl/α,β-unsaturated/α-hetero) is 1. The van der Waals surface area contributed by atoms with Crippen LogP contribution in [0.25, 0.3) is 10.2 Å². The highest BCUT2D eigenvalue weighted by atomic mass is 32.1. The fraction of sp³-hybridized carbons (Fsp3) is 0.391. The zero-order valence-corrected chi connectivity index (χ0v) is 17.2. The van der Waals surface area contributed by atoms with E-state index in [4.69, 9.17) is 4.74 Å². The van der Waals surface area contributed by atoms with Crippen molar-refractivity contribution >= 4 is 27.3 Å². The highest BCUT2D eigenvalue weighted by molar-refractivity contribution is 7.20. The quantitative estimate of drug-likeness (QED) is 0.537. The molecule has 1 aliphatic heterocycles. The van der Waals surface area contributed by atoms with Crippen LogP contribution in [0, 0.1) is 11.7 Å². The Kier molecular flexibility index (Phi) is 6.52. The molecule has 0 N–H and O–H groups in total. The van der Waals surface area contributed by atoms with Gasteiger partial charge in [-0.15, -0.1) is 0 Å². The maximum atomic E-state index is 13.0. The van der Waals surface area contributed by atoms with Gasteiger partial charge in [0.15, 0.2) is 0 Å². The number of likely N-dealkylation sites (tertiary alicyclic amines) is 1. The molecule has 0 amide bonds. The van der Waals surface area contributed by atoms with Gasteiger partial charge >= 0.3 is 0 Å². The number of carbonyl (C=O) groups excluding carboxylic acids is 1. The van der Waals surface area contributed by atoms with E-state index < -0.39 is 0 Å². The van der Waals surface area contributed by atoms with Gasteiger partial charge in [0.05, 0.1) is 16.8 Å². The summed E-state index contributed by atoms with van der Waals surface area (Å²) in [6.07, 6.45) is 3.17. The van der Waals surface area contributed by atoms with E-state index in [0.717, 1.165) is 53.4 Å². The van der Waals surface area contributed by atoms with Crippen molar-refractivity contribution < 1.29 is 13.9 Å². The number of thiazole rings is 1. The first kappa shape index (κ1) is 20.0. The lowest BCUT2D eigenvalue weighted by Crippen LogP contribution is -2.38. The first-order valence-electron chi connectivity index (χ1n) is 10.1. The standard InChI is InChI=1S/C23H25FN2O2S/c24-19-9-7-17(8-10-19)14-20(27)11-13-26-12-3-4-18(15-26)16-28-23-25-21-5-1-2-6-22(21)29-23/h1-2,5-10,18H,3-4,11-16H2. The first-order valence-corrected chi connectivity index (χ1v) is 10.9. The molecule has 1 aromatic heterocycles. The third-order valence-corrected chi connectivity index (χ3v) is 6.29. The number of aromatic nitrogens is 1. The number of ether oxygens (including phenoxy) is 1. The second-order valence-electron chi connectivity index (χ2n) is 7.66. The number of hydrogen-bond donors (Lipinski definition) is 0. The number of rotatable bonds is 8. The van der Waals surface area contributed by atoms with E-state index in [1.807, 2.05) is 18.2 Å². The smallest absolute Gasteiger partial charge is 0.274 e. The molecule has 0 spiro atoms. The Labute approximate surface area is 174 Å². The van der Waals surface area contributed by atoms with Crippen LogP contribution in [-0.2, 0) is 11.2 Å². The molecule has 3 aromatic rings. The molecule has 1 unspecified atom stereocenters. The van der Waals surface area contributed by atoms with E-state index >= 15 is 0 Å². The van der Waals surface area contributed by atoms with Gasteiger partial charge in [-0.1, -0.05) is 35.6 Å². The van der Waals surface area contributed by atoms with Crippen LogP contribution in [-0.4, -0.2) is 41.9 Å². The van der Waals surface area contributed by atoms with Gasteiger partial charge in [0.2, 0.25) is 0 Å². The molecule has 1 atom stereocenters. The Hall–Kier alpha value is -2.31. The van der Waals surface area contributed by atoms with Crippen molar-refractivity contribution in [1.29, 1.82) is 0 Å². The predicted octanol–water partition coefficient (Wildman–Crippen LogP) is 4.73. The van der Waals surface area contributed by atoms with Gasteiger partial charge in [-0.25, -0.2) is 9.37 Å². The van der Waals surface area contributed by atoms with Gasteiger partial charge in [-0.05, 0) is 49.2 Å². The maximum Gasteiger partial charge on any atom is 0.274 e. The molecule has 6 heteroatoms. The molecule has 152 valence electrons. The number of piperidine rings is 1. The molecular weight excluding hydrogens is 387 g/mol. The molecule has 0 aliphatic carbocycles. The summed E-state index contributed by atoms with van der Waals surface area (Å²) in [7, 11) is 0. The fourth-order valence-electron chi connectivity index (χ4n) is 3.79. The SMILES string of the molecule is O=C(CCN1CCCC(COc2nc3ccccc3s2)C1)Cc1ccc(F)cc1. The fourth-order valence-corrected chi connectivity index (χ4v) is 4.62. The number of ketones is 1. The minimum absolute atomic E-state index is 0.199. The lowest BCUT2D eigenvalue weighted by atomic mass is 9.98. The zero-order chi connectivity index (χ0) is 20.1. The Morgan fingerprint density at radius 2 is 2.03 bits per heavy atom. The van der Waals surface area contributed by atoms with Gasteiger partial charge in [-0.3, -0.25) is 4.79 Å². The Morgan fingerprint density at radius 3 is 2.86 bits per heavy atom. The topological polar surface area (TPSA) is 42.4 Å². The second-order valence-corrected chi connectivity index (χ2v) is 8.65. The summed E-state index contributed by atoms with van der Waals surface area (Å²) in [6.45, 7) is 3.42. The van der Waals surface area contributed by atoms with Crippen LogP contribution in [0.15, 0.2) is 48.5 Å². The molecule has 1 saturated heterocycles. The largest absolute Gasteiger partial charge is 0.470 e. The van der Waals surface area contributed by atoms with Crippen molar-refractivity contribution in [2.45, 2.75) is 25.7 Å². The summed E-state index contributed by atoms with van der Waals surface area (Å²) >= 11 is 1.59. The Balaban J connectivity index is 1.21. The number of halogens is 1. The normalized spacial score (nSPS) is 17.5. The van der Waals surface area contributed by atoms with Crippen LogP contribution < -0.4 is 4.74 Å². The Bertz CT molecular complexity index is 924. The van der Waals surface area contributed by atoms with Crippen molar-refractivity contribution in [3.63, 3.8) is 0 Å². The molecule has 0 radical (unpaired) electrons. The average molecular weight is 413 g/mol. The van der Waals surface area contributed by atoms with Crippen LogP contribution in [0.3, 0.4) is 0 Å². The molecule has 0 saturated carbocycles. The molecule has 4 rings (SSSR count). The summed E-state index contributed by atoms with van der Waals surface area (Å²) in [5.41, 5.74) is 1.86. The summed E-state index contributed by atoms with van der Waals surface area (Å²) < 4.78 is 20.1. The number of carbonyl (C=O) groups is 1. The first-order chi connectivity index (χ1) is 14.2. The second kappa shape index (κ2) is 9.46. The lowest BCUT2D eigenvalue weighted by Gasteiger charge is -2.32. The molecular formula is C23H25FN2O2S. The number of hydrogen-bond acceptors (Lipinski definition) is 5. The molecule has 2 aromatic carbocycles. The summed E-state index contributed by atoms with van der Waals surface area (Å²) in [5, 5.41) is 0.734. The molecule has 0 bridgehead atoms. The molecule has 29 heavy (non-hydrogen) atoms. The van der Waals surface area contributed by atoms with Gasteiger partial charge in [-0.2, -0.15) is 0 Å². The monoisotopic (exact) mass is 412 g/mol. The number of benzene rings is 2. The van der Waals surface area contributed by atoms with Crippen molar-refractivity contribution in [3.8, 4) is 5.19 Å². The van der Waals surface area contributed by atoms with E-state index in [9.17, 15) is 9.18 Å². The van der Waals surface area contributed by atoms with Gasteiger partial charge in [0.25, 0.3) is 5.19 Å². The van der Waals surface area contributed by atoms with E-state index in [0.29, 0.717) is 25.4 Å². The van der Waals surface area contributed by atoms with Crippen molar-refractivity contribution in [1.82, 2.24) is 9.88 Å². The van der Waals surface area contributed by atoms with Gasteiger partial charge in [0, 0.05) is 31.8 Å². The zero-order valence-electron chi connectivity index (χ0n) is 16.4. The van der Waals surface area contributed by atoms with Crippen LogP contribution in [0.1, 0.15) is 24.8 Å². The molecule has 1 fully saturated rings. The van der Waals surface area contributed by atoms with E-state index in [1.54, 1.807) is 23.5 Å². The highest BCUT2D eigenvalue weighted by Gasteiger charge is 2.21. The molecule has 2 heterocycles. The van der Waals surface area contributed by atoms with Crippen LogP contribution >= 0.6 is 11.3 Å². The maximum absolute atomic E-state index is 13.0. The number of nitrogens with zero attached hydrogens (tertiary/aromatic N) is 2. The van der Waals surface area contributed by atoms with E-state index in [1.165, 1.54) is 12.1 Å². The molecule has 4 nitrogen and oxygen atoms in total. The highest BCUT2D eigenvalue weighted by Crippen LogP contribution is 2.28. The van der Waals surface area contributed by atoms with Crippen molar-refractivity contribution in [2.75, 3.05) is 26.2 Å². The van der Waals surface area contributed by atoms with E-state index in [-0.39, 0.29) is 11.6 Å². The number of para-hydroxylation sites is 1. The van der Waals surface area contributed by atoms with Crippen molar-refractivity contribution in [3.05, 3.63) is 59.9 Å². The van der Waals surface area contributed by atoms with Crippen LogP contribution in [0.2, 0.25) is 0 Å².